The normalized spacial score (nSPS) is 9.50. The molecular weight excluding hydrogens is 170 g/mol. The summed E-state index contributed by atoms with van der Waals surface area (Å²) in [6.07, 6.45) is 0. The first kappa shape index (κ1) is 9.09. The van der Waals surface area contributed by atoms with Crippen molar-refractivity contribution in [3.05, 3.63) is 34.4 Å². The van der Waals surface area contributed by atoms with E-state index in [0.29, 0.717) is 5.88 Å². The van der Waals surface area contributed by atoms with Gasteiger partial charge in [-0.3, -0.25) is 0 Å². The van der Waals surface area contributed by atoms with Gasteiger partial charge in [0.15, 0.2) is 0 Å². The minimum Gasteiger partial charge on any atom is -0.192 e. The monoisotopic (exact) mass is 179 g/mol. The average Bonchev–Trinajstić information content (AvgIpc) is 2.08. The van der Waals surface area contributed by atoms with E-state index in [9.17, 15) is 0 Å². The lowest BCUT2D eigenvalue weighted by Gasteiger charge is -2.06. The predicted molar refractivity (Wildman–Crippen MR) is 50.2 cm³/mol. The topological polar surface area (TPSA) is 23.8 Å². The van der Waals surface area contributed by atoms with Gasteiger partial charge in [-0.15, -0.1) is 11.6 Å². The zero-order valence-corrected chi connectivity index (χ0v) is 7.94. The van der Waals surface area contributed by atoms with Crippen LogP contribution in [0.4, 0.5) is 0 Å². The number of benzene rings is 1. The average molecular weight is 180 g/mol. The fraction of sp³-hybridized carbons (Fsp3) is 0.300. The first-order chi connectivity index (χ1) is 5.70. The summed E-state index contributed by atoms with van der Waals surface area (Å²) in [5, 5.41) is 8.85. The summed E-state index contributed by atoms with van der Waals surface area (Å²) in [6, 6.07) is 6.11. The van der Waals surface area contributed by atoms with E-state index < -0.39 is 0 Å². The van der Waals surface area contributed by atoms with Crippen LogP contribution in [-0.2, 0) is 5.88 Å². The smallest absolute Gasteiger partial charge is 0.0997 e. The van der Waals surface area contributed by atoms with Gasteiger partial charge in [0, 0.05) is 5.88 Å². The molecule has 0 atom stereocenters. The Morgan fingerprint density at radius 3 is 2.33 bits per heavy atom. The fourth-order valence-electron chi connectivity index (χ4n) is 1.20. The van der Waals surface area contributed by atoms with E-state index >= 15 is 0 Å². The molecule has 0 aromatic heterocycles. The molecule has 0 heterocycles. The largest absolute Gasteiger partial charge is 0.192 e. The minimum atomic E-state index is 0.413. The van der Waals surface area contributed by atoms with Gasteiger partial charge in [-0.2, -0.15) is 5.26 Å². The second-order valence-corrected chi connectivity index (χ2v) is 3.07. The highest BCUT2D eigenvalue weighted by molar-refractivity contribution is 6.17. The number of nitrogens with zero attached hydrogens (tertiary/aromatic N) is 1. The summed E-state index contributed by atoms with van der Waals surface area (Å²) in [6.45, 7) is 3.89. The molecule has 0 saturated carbocycles. The van der Waals surface area contributed by atoms with Gasteiger partial charge in [0.25, 0.3) is 0 Å². The quantitative estimate of drug-likeness (QED) is 0.609. The van der Waals surface area contributed by atoms with Gasteiger partial charge < -0.3 is 0 Å². The molecule has 0 radical (unpaired) electrons. The molecule has 0 amide bonds. The van der Waals surface area contributed by atoms with E-state index in [-0.39, 0.29) is 0 Å². The summed E-state index contributed by atoms with van der Waals surface area (Å²) in [5.74, 6) is 0.413. The zero-order chi connectivity index (χ0) is 9.14. The van der Waals surface area contributed by atoms with Crippen LogP contribution in [-0.4, -0.2) is 0 Å². The van der Waals surface area contributed by atoms with E-state index in [4.69, 9.17) is 16.9 Å². The van der Waals surface area contributed by atoms with E-state index in [0.717, 1.165) is 22.3 Å². The van der Waals surface area contributed by atoms with Gasteiger partial charge in [-0.05, 0) is 30.5 Å². The van der Waals surface area contributed by atoms with Gasteiger partial charge in [0.1, 0.15) is 0 Å². The molecule has 62 valence electrons. The Morgan fingerprint density at radius 1 is 1.33 bits per heavy atom. The van der Waals surface area contributed by atoms with Gasteiger partial charge in [0.05, 0.1) is 11.6 Å². The molecule has 0 fully saturated rings. The van der Waals surface area contributed by atoms with Crippen LogP contribution in [0.5, 0.6) is 0 Å². The van der Waals surface area contributed by atoms with E-state index in [1.54, 1.807) is 0 Å². The van der Waals surface area contributed by atoms with Crippen LogP contribution in [0, 0.1) is 25.2 Å². The summed E-state index contributed by atoms with van der Waals surface area (Å²) in [5.41, 5.74) is 3.77. The molecule has 1 rings (SSSR count). The third kappa shape index (κ3) is 1.44. The van der Waals surface area contributed by atoms with Crippen LogP contribution in [0.3, 0.4) is 0 Å². The Bertz CT molecular complexity index is 336. The molecule has 0 saturated heterocycles. The third-order valence-electron chi connectivity index (χ3n) is 2.00. The first-order valence-corrected chi connectivity index (χ1v) is 4.29. The van der Waals surface area contributed by atoms with Gasteiger partial charge in [-0.1, -0.05) is 12.1 Å². The Kier molecular flexibility index (Phi) is 2.73. The number of nitriles is 1. The fourth-order valence-corrected chi connectivity index (χ4v) is 1.54. The number of alkyl halides is 1. The van der Waals surface area contributed by atoms with Crippen LogP contribution in [0.25, 0.3) is 0 Å². The number of halogens is 1. The Balaban J connectivity index is 3.41. The number of rotatable bonds is 1. The highest BCUT2D eigenvalue weighted by Gasteiger charge is 2.06. The molecule has 0 aliphatic rings. The highest BCUT2D eigenvalue weighted by Crippen LogP contribution is 2.19. The van der Waals surface area contributed by atoms with Crippen molar-refractivity contribution in [3.8, 4) is 6.07 Å². The van der Waals surface area contributed by atoms with Crippen LogP contribution in [0.1, 0.15) is 22.3 Å². The van der Waals surface area contributed by atoms with Crippen molar-refractivity contribution in [2.45, 2.75) is 19.7 Å². The maximum Gasteiger partial charge on any atom is 0.0997 e. The highest BCUT2D eigenvalue weighted by atomic mass is 35.5. The Hall–Kier alpha value is -1.00. The first-order valence-electron chi connectivity index (χ1n) is 3.76. The molecule has 0 aliphatic carbocycles. The van der Waals surface area contributed by atoms with Crippen molar-refractivity contribution >= 4 is 11.6 Å². The maximum atomic E-state index is 8.85. The van der Waals surface area contributed by atoms with Crippen LogP contribution < -0.4 is 0 Å². The van der Waals surface area contributed by atoms with Gasteiger partial charge in [0.2, 0.25) is 0 Å². The molecule has 0 spiro atoms. The summed E-state index contributed by atoms with van der Waals surface area (Å²) in [7, 11) is 0. The molecule has 1 aromatic carbocycles. The van der Waals surface area contributed by atoms with Gasteiger partial charge >= 0.3 is 0 Å². The lowest BCUT2D eigenvalue weighted by atomic mass is 9.99. The maximum absolute atomic E-state index is 8.85. The summed E-state index contributed by atoms with van der Waals surface area (Å²) in [4.78, 5) is 0. The molecular formula is C10H10ClN. The van der Waals surface area contributed by atoms with E-state index in [1.807, 2.05) is 26.0 Å². The lowest BCUT2D eigenvalue weighted by molar-refractivity contribution is 1.23. The van der Waals surface area contributed by atoms with Crippen molar-refractivity contribution in [1.29, 1.82) is 5.26 Å². The molecule has 1 aromatic rings. The van der Waals surface area contributed by atoms with Gasteiger partial charge in [-0.25, -0.2) is 0 Å². The summed E-state index contributed by atoms with van der Waals surface area (Å²) >= 11 is 5.74. The lowest BCUT2D eigenvalue weighted by Crippen LogP contribution is -1.93. The van der Waals surface area contributed by atoms with Crippen LogP contribution >= 0.6 is 11.6 Å². The molecule has 0 bridgehead atoms. The number of hydrogen-bond acceptors (Lipinski definition) is 1. The van der Waals surface area contributed by atoms with Crippen molar-refractivity contribution in [1.82, 2.24) is 0 Å². The minimum absolute atomic E-state index is 0.413. The predicted octanol–water partition coefficient (Wildman–Crippen LogP) is 2.91. The Morgan fingerprint density at radius 2 is 1.92 bits per heavy atom. The van der Waals surface area contributed by atoms with Crippen LogP contribution in [0.15, 0.2) is 12.1 Å². The second-order valence-electron chi connectivity index (χ2n) is 2.80. The standard InChI is InChI=1S/C10H10ClN/c1-7-3-4-8(2)10(6-12)9(7)5-11/h3-4H,5H2,1-2H3. The second kappa shape index (κ2) is 3.60. The molecule has 2 heteroatoms. The number of aryl methyl sites for hydroxylation is 2. The third-order valence-corrected chi connectivity index (χ3v) is 2.27. The SMILES string of the molecule is Cc1ccc(C)c(CCl)c1C#N. The molecule has 1 nitrogen and oxygen atoms in total. The van der Waals surface area contributed by atoms with Crippen molar-refractivity contribution in [2.24, 2.45) is 0 Å². The molecule has 0 unspecified atom stereocenters. The van der Waals surface area contributed by atoms with Crippen molar-refractivity contribution < 1.29 is 0 Å². The van der Waals surface area contributed by atoms with E-state index in [2.05, 4.69) is 6.07 Å². The molecule has 12 heavy (non-hydrogen) atoms. The van der Waals surface area contributed by atoms with Crippen molar-refractivity contribution in [2.75, 3.05) is 0 Å². The number of hydrogen-bond donors (Lipinski definition) is 0. The van der Waals surface area contributed by atoms with E-state index in [1.165, 1.54) is 0 Å². The summed E-state index contributed by atoms with van der Waals surface area (Å²) < 4.78 is 0. The molecule has 0 N–H and O–H groups in total. The Labute approximate surface area is 77.6 Å². The zero-order valence-electron chi connectivity index (χ0n) is 7.19. The van der Waals surface area contributed by atoms with Crippen molar-refractivity contribution in [3.63, 3.8) is 0 Å². The van der Waals surface area contributed by atoms with Crippen LogP contribution in [0.2, 0.25) is 0 Å². The molecule has 0 aliphatic heterocycles.